The van der Waals surface area contributed by atoms with E-state index in [1.807, 2.05) is 45.8 Å². The van der Waals surface area contributed by atoms with Crippen LogP contribution in [0.25, 0.3) is 22.3 Å². The predicted octanol–water partition coefficient (Wildman–Crippen LogP) is 4.96. The summed E-state index contributed by atoms with van der Waals surface area (Å²) < 4.78 is 16.4. The molecule has 0 spiro atoms. The highest BCUT2D eigenvalue weighted by molar-refractivity contribution is 7.08. The maximum Gasteiger partial charge on any atom is 0.189 e. The highest BCUT2D eigenvalue weighted by Gasteiger charge is 2.16. The summed E-state index contributed by atoms with van der Waals surface area (Å²) in [6, 6.07) is 7.75. The summed E-state index contributed by atoms with van der Waals surface area (Å²) in [6.07, 6.45) is 0.866. The van der Waals surface area contributed by atoms with Crippen molar-refractivity contribution in [1.82, 2.24) is 0 Å². The Labute approximate surface area is 154 Å². The number of benzene rings is 1. The van der Waals surface area contributed by atoms with Gasteiger partial charge in [0, 0.05) is 23.8 Å². The van der Waals surface area contributed by atoms with Gasteiger partial charge in [0.2, 0.25) is 0 Å². The molecule has 0 aliphatic carbocycles. The number of hydrogen-bond acceptors (Lipinski definition) is 6. The Kier molecular flexibility index (Phi) is 6.36. The van der Waals surface area contributed by atoms with E-state index in [1.54, 1.807) is 29.8 Å². The van der Waals surface area contributed by atoms with Gasteiger partial charge in [-0.1, -0.05) is 0 Å². The van der Waals surface area contributed by atoms with Crippen LogP contribution in [0.15, 0.2) is 45.8 Å². The monoisotopic (exact) mass is 374 g/mol. The molecule has 0 fully saturated rings. The molecule has 6 heteroatoms. The number of thiophene rings is 2. The lowest BCUT2D eigenvalue weighted by Crippen LogP contribution is -2.09. The Morgan fingerprint density at radius 3 is 2.12 bits per heavy atom. The van der Waals surface area contributed by atoms with E-state index in [4.69, 9.17) is 14.2 Å². The number of methoxy groups -OCH3 is 1. The third-order valence-corrected chi connectivity index (χ3v) is 5.00. The average molecular weight is 374 g/mol. The topological polar surface area (TPSA) is 44.8 Å². The molecule has 0 bridgehead atoms. The first-order valence-corrected chi connectivity index (χ1v) is 9.60. The molecule has 130 valence electrons. The van der Waals surface area contributed by atoms with E-state index in [1.165, 1.54) is 0 Å². The molecule has 0 radical (unpaired) electrons. The van der Waals surface area contributed by atoms with Crippen LogP contribution in [0.3, 0.4) is 0 Å². The molecule has 1 aromatic carbocycles. The molecular formula is C19H18O4S2. The van der Waals surface area contributed by atoms with E-state index >= 15 is 0 Å². The van der Waals surface area contributed by atoms with Gasteiger partial charge in [0.15, 0.2) is 6.79 Å². The molecule has 0 unspecified atom stereocenters. The van der Waals surface area contributed by atoms with Crippen LogP contribution in [-0.4, -0.2) is 33.4 Å². The normalized spacial score (nSPS) is 10.8. The van der Waals surface area contributed by atoms with Crippen molar-refractivity contribution < 1.29 is 19.0 Å². The fraction of sp³-hybridized carbons (Fsp3) is 0.211. The SMILES string of the molecule is COCCOCOc1c(-c2ccsc2)cc(C=O)cc1-c1ccsc1. The molecule has 3 rings (SSSR count). The first kappa shape index (κ1) is 17.8. The zero-order chi connectivity index (χ0) is 17.5. The average Bonchev–Trinajstić information content (AvgIpc) is 3.35. The lowest BCUT2D eigenvalue weighted by Gasteiger charge is -2.16. The Bertz CT molecular complexity index is 740. The number of rotatable bonds is 9. The first-order chi connectivity index (χ1) is 12.3. The third kappa shape index (κ3) is 4.35. The molecule has 0 atom stereocenters. The first-order valence-electron chi connectivity index (χ1n) is 7.71. The fourth-order valence-electron chi connectivity index (χ4n) is 2.44. The number of aldehydes is 1. The van der Waals surface area contributed by atoms with Crippen LogP contribution in [0.2, 0.25) is 0 Å². The van der Waals surface area contributed by atoms with Gasteiger partial charge in [0.25, 0.3) is 0 Å². The van der Waals surface area contributed by atoms with Crippen molar-refractivity contribution in [2.24, 2.45) is 0 Å². The van der Waals surface area contributed by atoms with Gasteiger partial charge in [-0.05, 0) is 56.9 Å². The second-order valence-corrected chi connectivity index (χ2v) is 6.81. The van der Waals surface area contributed by atoms with Crippen molar-refractivity contribution >= 4 is 29.0 Å². The quantitative estimate of drug-likeness (QED) is 0.302. The van der Waals surface area contributed by atoms with E-state index in [0.29, 0.717) is 18.8 Å². The summed E-state index contributed by atoms with van der Waals surface area (Å²) >= 11 is 3.21. The van der Waals surface area contributed by atoms with E-state index in [9.17, 15) is 4.79 Å². The summed E-state index contributed by atoms with van der Waals surface area (Å²) in [6.45, 7) is 1.10. The highest BCUT2D eigenvalue weighted by Crippen LogP contribution is 2.41. The van der Waals surface area contributed by atoms with Crippen LogP contribution in [0.1, 0.15) is 10.4 Å². The van der Waals surface area contributed by atoms with E-state index in [-0.39, 0.29) is 6.79 Å². The molecule has 3 aromatic rings. The van der Waals surface area contributed by atoms with Crippen molar-refractivity contribution in [3.05, 3.63) is 51.3 Å². The van der Waals surface area contributed by atoms with E-state index in [0.717, 1.165) is 34.3 Å². The molecule has 0 aliphatic rings. The van der Waals surface area contributed by atoms with E-state index in [2.05, 4.69) is 0 Å². The minimum atomic E-state index is 0.123. The van der Waals surface area contributed by atoms with Crippen LogP contribution in [-0.2, 0) is 9.47 Å². The second kappa shape index (κ2) is 8.92. The molecule has 2 aromatic heterocycles. The number of hydrogen-bond donors (Lipinski definition) is 0. The summed E-state index contributed by atoms with van der Waals surface area (Å²) in [4.78, 5) is 11.4. The number of carbonyl (C=O) groups is 1. The highest BCUT2D eigenvalue weighted by atomic mass is 32.1. The Balaban J connectivity index is 2.00. The molecule has 2 heterocycles. The van der Waals surface area contributed by atoms with Gasteiger partial charge in [-0.15, -0.1) is 0 Å². The number of carbonyl (C=O) groups excluding carboxylic acids is 1. The molecule has 0 saturated heterocycles. The fourth-order valence-corrected chi connectivity index (χ4v) is 3.75. The third-order valence-electron chi connectivity index (χ3n) is 3.63. The molecule has 0 amide bonds. The van der Waals surface area contributed by atoms with Crippen molar-refractivity contribution in [1.29, 1.82) is 0 Å². The Morgan fingerprint density at radius 2 is 1.64 bits per heavy atom. The predicted molar refractivity (Wildman–Crippen MR) is 102 cm³/mol. The second-order valence-electron chi connectivity index (χ2n) is 5.25. The van der Waals surface area contributed by atoms with Crippen molar-refractivity contribution in [3.8, 4) is 28.0 Å². The zero-order valence-electron chi connectivity index (χ0n) is 13.8. The molecule has 0 saturated carbocycles. The minimum absolute atomic E-state index is 0.123. The van der Waals surface area contributed by atoms with Crippen molar-refractivity contribution in [2.45, 2.75) is 0 Å². The van der Waals surface area contributed by atoms with Crippen LogP contribution in [0.4, 0.5) is 0 Å². The van der Waals surface area contributed by atoms with Crippen molar-refractivity contribution in [3.63, 3.8) is 0 Å². The minimum Gasteiger partial charge on any atom is -0.466 e. The van der Waals surface area contributed by atoms with Gasteiger partial charge in [0.05, 0.1) is 13.2 Å². The molecular weight excluding hydrogens is 356 g/mol. The van der Waals surface area contributed by atoms with Gasteiger partial charge < -0.3 is 14.2 Å². The van der Waals surface area contributed by atoms with Crippen LogP contribution >= 0.6 is 22.7 Å². The smallest absolute Gasteiger partial charge is 0.189 e. The standard InChI is InChI=1S/C19H18O4S2/c1-21-4-5-22-13-23-19-17(15-2-6-24-11-15)8-14(10-20)9-18(19)16-3-7-25-12-16/h2-3,6-12H,4-5,13H2,1H3. The lowest BCUT2D eigenvalue weighted by molar-refractivity contribution is -0.00796. The Morgan fingerprint density at radius 1 is 1.00 bits per heavy atom. The molecule has 4 nitrogen and oxygen atoms in total. The van der Waals surface area contributed by atoms with Crippen LogP contribution in [0, 0.1) is 0 Å². The van der Waals surface area contributed by atoms with Crippen LogP contribution < -0.4 is 4.74 Å². The Hall–Kier alpha value is -1.99. The zero-order valence-corrected chi connectivity index (χ0v) is 15.4. The van der Waals surface area contributed by atoms with Crippen LogP contribution in [0.5, 0.6) is 5.75 Å². The summed E-state index contributed by atoms with van der Waals surface area (Å²) in [5.41, 5.74) is 4.45. The van der Waals surface area contributed by atoms with Gasteiger partial charge in [-0.25, -0.2) is 0 Å². The summed E-state index contributed by atoms with van der Waals surface area (Å²) in [5.74, 6) is 0.722. The maximum atomic E-state index is 11.4. The largest absolute Gasteiger partial charge is 0.466 e. The lowest BCUT2D eigenvalue weighted by atomic mass is 9.97. The molecule has 0 aliphatic heterocycles. The summed E-state index contributed by atoms with van der Waals surface area (Å²) in [7, 11) is 1.63. The number of ether oxygens (including phenoxy) is 3. The van der Waals surface area contributed by atoms with Gasteiger partial charge in [0.1, 0.15) is 12.0 Å². The van der Waals surface area contributed by atoms with Crippen molar-refractivity contribution in [2.75, 3.05) is 27.1 Å². The maximum absolute atomic E-state index is 11.4. The molecule has 25 heavy (non-hydrogen) atoms. The van der Waals surface area contributed by atoms with E-state index < -0.39 is 0 Å². The van der Waals surface area contributed by atoms with Gasteiger partial charge >= 0.3 is 0 Å². The van der Waals surface area contributed by atoms with Gasteiger partial charge in [-0.3, -0.25) is 4.79 Å². The summed E-state index contributed by atoms with van der Waals surface area (Å²) in [5, 5.41) is 8.10. The molecule has 0 N–H and O–H groups in total. The van der Waals surface area contributed by atoms with Gasteiger partial charge in [-0.2, -0.15) is 22.7 Å².